The molecule has 2 aliphatic rings. The molecule has 2 atom stereocenters. The Hall–Kier alpha value is -1.92. The van der Waals surface area contributed by atoms with Crippen LogP contribution in [0, 0.1) is 0 Å². The first-order chi connectivity index (χ1) is 12.4. The largest absolute Gasteiger partial charge is 0.311 e. The van der Waals surface area contributed by atoms with E-state index in [2.05, 4.69) is 10.2 Å². The topological polar surface area (TPSA) is 49.0 Å². The van der Waals surface area contributed by atoms with Crippen LogP contribution < -0.4 is 4.90 Å². The number of hydrogen-bond donors (Lipinski definition) is 1. The van der Waals surface area contributed by atoms with Gasteiger partial charge < -0.3 is 4.90 Å². The third-order valence-electron chi connectivity index (χ3n) is 5.33. The smallest absolute Gasteiger partial charge is 0.282 e. The number of anilines is 1. The molecule has 8 heteroatoms. The van der Waals surface area contributed by atoms with E-state index in [0.717, 1.165) is 29.5 Å². The summed E-state index contributed by atoms with van der Waals surface area (Å²) in [7, 11) is 1.58. The van der Waals surface area contributed by atoms with Crippen LogP contribution in [0.2, 0.25) is 0 Å². The summed E-state index contributed by atoms with van der Waals surface area (Å²) in [6.07, 6.45) is 0.254. The van der Waals surface area contributed by atoms with Crippen LogP contribution in [0.4, 0.5) is 14.5 Å². The molecule has 0 radical (unpaired) electrons. The van der Waals surface area contributed by atoms with Gasteiger partial charge in [-0.25, -0.2) is 8.78 Å². The summed E-state index contributed by atoms with van der Waals surface area (Å²) in [5, 5.41) is 5.84. The first kappa shape index (κ1) is 17.5. The molecule has 136 valence electrons. The van der Waals surface area contributed by atoms with Gasteiger partial charge in [0.05, 0.1) is 5.56 Å². The zero-order valence-corrected chi connectivity index (χ0v) is 15.3. The highest BCUT2D eigenvalue weighted by molar-refractivity contribution is 6.56. The van der Waals surface area contributed by atoms with Crippen molar-refractivity contribution in [3.05, 3.63) is 56.8 Å². The van der Waals surface area contributed by atoms with Crippen molar-refractivity contribution in [1.82, 2.24) is 10.2 Å². The van der Waals surface area contributed by atoms with Crippen molar-refractivity contribution in [3.8, 4) is 0 Å². The molecule has 1 aromatic heterocycles. The number of aromatic amines is 1. The van der Waals surface area contributed by atoms with Gasteiger partial charge in [-0.1, -0.05) is 35.3 Å². The van der Waals surface area contributed by atoms with Crippen molar-refractivity contribution in [3.63, 3.8) is 0 Å². The van der Waals surface area contributed by atoms with Gasteiger partial charge in [-0.3, -0.25) is 9.89 Å². The number of fused-ring (bicyclic) bond motifs is 5. The van der Waals surface area contributed by atoms with Crippen molar-refractivity contribution < 1.29 is 13.6 Å². The van der Waals surface area contributed by atoms with Gasteiger partial charge >= 0.3 is 0 Å². The van der Waals surface area contributed by atoms with Gasteiger partial charge in [0.25, 0.3) is 12.3 Å². The molecule has 4 nitrogen and oxygen atoms in total. The summed E-state index contributed by atoms with van der Waals surface area (Å²) in [4.78, 5) is 14.2. The Kier molecular flexibility index (Phi) is 4.28. The number of benzene rings is 1. The van der Waals surface area contributed by atoms with E-state index >= 15 is 0 Å². The number of alkyl halides is 2. The summed E-state index contributed by atoms with van der Waals surface area (Å²) < 4.78 is 26.4. The van der Waals surface area contributed by atoms with Crippen molar-refractivity contribution >= 4 is 34.8 Å². The zero-order chi connectivity index (χ0) is 18.6. The van der Waals surface area contributed by atoms with E-state index in [0.29, 0.717) is 5.69 Å². The molecule has 2 bridgehead atoms. The summed E-state index contributed by atoms with van der Waals surface area (Å²) in [6.45, 7) is 0. The van der Waals surface area contributed by atoms with Crippen molar-refractivity contribution in [2.75, 3.05) is 11.9 Å². The van der Waals surface area contributed by atoms with Crippen LogP contribution >= 0.6 is 23.2 Å². The first-order valence-electron chi connectivity index (χ1n) is 8.19. The maximum Gasteiger partial charge on any atom is 0.282 e. The van der Waals surface area contributed by atoms with Crippen LogP contribution in [0.3, 0.4) is 0 Å². The lowest BCUT2D eigenvalue weighted by molar-refractivity contribution is 0.0977. The highest BCUT2D eigenvalue weighted by Crippen LogP contribution is 2.60. The molecule has 4 rings (SSSR count). The van der Waals surface area contributed by atoms with E-state index in [9.17, 15) is 13.6 Å². The summed E-state index contributed by atoms with van der Waals surface area (Å²) in [5.74, 6) is -0.313. The van der Waals surface area contributed by atoms with Crippen LogP contribution in [0.5, 0.6) is 0 Å². The molecule has 26 heavy (non-hydrogen) atoms. The molecule has 2 aliphatic carbocycles. The third-order valence-corrected chi connectivity index (χ3v) is 5.76. The van der Waals surface area contributed by atoms with Gasteiger partial charge in [-0.15, -0.1) is 0 Å². The number of aromatic nitrogens is 2. The van der Waals surface area contributed by atoms with Crippen LogP contribution in [-0.4, -0.2) is 23.2 Å². The summed E-state index contributed by atoms with van der Waals surface area (Å²) in [6, 6.07) is 5.70. The predicted octanol–water partition coefficient (Wildman–Crippen LogP) is 5.29. The fourth-order valence-electron chi connectivity index (χ4n) is 4.25. The van der Waals surface area contributed by atoms with Gasteiger partial charge in [0.15, 0.2) is 0 Å². The number of allylic oxidation sites excluding steroid dienone is 1. The van der Waals surface area contributed by atoms with Crippen LogP contribution in [-0.2, 0) is 0 Å². The Morgan fingerprint density at radius 1 is 1.31 bits per heavy atom. The lowest BCUT2D eigenvalue weighted by atomic mass is 9.90. The number of hydrogen-bond acceptors (Lipinski definition) is 2. The lowest BCUT2D eigenvalue weighted by Crippen LogP contribution is -2.28. The van der Waals surface area contributed by atoms with Crippen LogP contribution in [0.15, 0.2) is 34.5 Å². The highest BCUT2D eigenvalue weighted by Gasteiger charge is 2.45. The fraction of sp³-hybridized carbons (Fsp3) is 0.333. The molecular formula is C18H15Cl2F2N3O. The Morgan fingerprint density at radius 3 is 2.73 bits per heavy atom. The van der Waals surface area contributed by atoms with Crippen LogP contribution in [0.1, 0.15) is 58.3 Å². The minimum atomic E-state index is -2.82. The number of H-pyrrole nitrogens is 1. The first-order valence-corrected chi connectivity index (χ1v) is 8.95. The van der Waals surface area contributed by atoms with E-state index in [1.807, 2.05) is 18.2 Å². The minimum absolute atomic E-state index is 0.0605. The number of carbonyl (C=O) groups is 1. The molecule has 1 N–H and O–H groups in total. The maximum absolute atomic E-state index is 13.1. The maximum atomic E-state index is 13.1. The molecule has 1 amide bonds. The van der Waals surface area contributed by atoms with Gasteiger partial charge in [0.1, 0.15) is 10.2 Å². The Bertz CT molecular complexity index is 921. The molecule has 0 spiro atoms. The molecule has 0 aliphatic heterocycles. The quantitative estimate of drug-likeness (QED) is 0.764. The molecule has 1 heterocycles. The van der Waals surface area contributed by atoms with Crippen molar-refractivity contribution in [2.45, 2.75) is 31.1 Å². The minimum Gasteiger partial charge on any atom is -0.311 e. The molecule has 1 saturated carbocycles. The predicted molar refractivity (Wildman–Crippen MR) is 96.2 cm³/mol. The summed E-state index contributed by atoms with van der Waals surface area (Å²) in [5.41, 5.74) is 3.13. The number of amides is 1. The molecule has 2 aromatic rings. The lowest BCUT2D eigenvalue weighted by Gasteiger charge is -2.24. The number of halogens is 4. The normalized spacial score (nSPS) is 20.6. The third kappa shape index (κ3) is 2.47. The second-order valence-corrected chi connectivity index (χ2v) is 7.48. The van der Waals surface area contributed by atoms with Crippen molar-refractivity contribution in [1.29, 1.82) is 0 Å². The second-order valence-electron chi connectivity index (χ2n) is 6.53. The fourth-order valence-corrected chi connectivity index (χ4v) is 4.77. The van der Waals surface area contributed by atoms with E-state index < -0.39 is 18.0 Å². The van der Waals surface area contributed by atoms with Gasteiger partial charge in [-0.2, -0.15) is 5.10 Å². The SMILES string of the molecule is CN(C(=O)c1c[nH]nc1C(F)F)c1cccc2c1[C@@H]1CC[C@H]2C1=C(Cl)Cl. The molecular weight excluding hydrogens is 383 g/mol. The average molecular weight is 398 g/mol. The molecule has 1 fully saturated rings. The number of carbonyl (C=O) groups excluding carboxylic acids is 1. The number of nitrogens with one attached hydrogen (secondary N) is 1. The standard InChI is InChI=1S/C18H15Cl2F2N3O/c1-25(18(26)11-7-23-24-15(11)17(21)22)12-4-2-3-8-9-5-6-10(13(8)12)14(9)16(19)20/h2-4,7,9-10,17H,5-6H2,1H3,(H,23,24)/t9-,10+/m1/s1. The van der Waals surface area contributed by atoms with Gasteiger partial charge in [0.2, 0.25) is 0 Å². The summed E-state index contributed by atoms with van der Waals surface area (Å²) >= 11 is 12.2. The van der Waals surface area contributed by atoms with E-state index in [1.54, 1.807) is 7.05 Å². The molecule has 0 saturated heterocycles. The second kappa shape index (κ2) is 6.35. The number of nitrogens with zero attached hydrogens (tertiary/aromatic N) is 2. The van der Waals surface area contributed by atoms with Crippen LogP contribution in [0.25, 0.3) is 0 Å². The Balaban J connectivity index is 1.76. The average Bonchev–Trinajstić information content (AvgIpc) is 3.33. The Labute approximate surface area is 158 Å². The van der Waals surface area contributed by atoms with Gasteiger partial charge in [0, 0.05) is 30.8 Å². The van der Waals surface area contributed by atoms with E-state index in [1.165, 1.54) is 11.1 Å². The van der Waals surface area contributed by atoms with E-state index in [-0.39, 0.29) is 21.9 Å². The van der Waals surface area contributed by atoms with E-state index in [4.69, 9.17) is 23.2 Å². The monoisotopic (exact) mass is 397 g/mol. The van der Waals surface area contributed by atoms with Crippen molar-refractivity contribution in [2.24, 2.45) is 0 Å². The zero-order valence-electron chi connectivity index (χ0n) is 13.8. The Morgan fingerprint density at radius 2 is 2.04 bits per heavy atom. The molecule has 0 unspecified atom stereocenters. The number of rotatable bonds is 3. The molecule has 1 aromatic carbocycles. The van der Waals surface area contributed by atoms with Gasteiger partial charge in [-0.05, 0) is 35.6 Å². The highest BCUT2D eigenvalue weighted by atomic mass is 35.5.